The summed E-state index contributed by atoms with van der Waals surface area (Å²) >= 11 is 1.81. The molecule has 0 radical (unpaired) electrons. The van der Waals surface area contributed by atoms with Gasteiger partial charge in [0.1, 0.15) is 11.3 Å². The summed E-state index contributed by atoms with van der Waals surface area (Å²) in [4.78, 5) is 8.25. The molecular weight excluding hydrogens is 511 g/mol. The minimum Gasteiger partial charge on any atom is -0.461 e. The zero-order valence-corrected chi connectivity index (χ0v) is 20.3. The van der Waals surface area contributed by atoms with Crippen molar-refractivity contribution in [3.05, 3.63) is 58.5 Å². The molecule has 6 nitrogen and oxygen atoms in total. The van der Waals surface area contributed by atoms with Crippen LogP contribution in [-0.4, -0.2) is 57.3 Å². The van der Waals surface area contributed by atoms with Crippen molar-refractivity contribution in [3.63, 3.8) is 0 Å². The van der Waals surface area contributed by atoms with Crippen molar-refractivity contribution in [2.75, 3.05) is 46.4 Å². The Morgan fingerprint density at radius 2 is 2.00 bits per heavy atom. The number of halogens is 1. The van der Waals surface area contributed by atoms with E-state index < -0.39 is 0 Å². The Morgan fingerprint density at radius 3 is 2.73 bits per heavy atom. The van der Waals surface area contributed by atoms with Gasteiger partial charge in [-0.2, -0.15) is 0 Å². The summed E-state index contributed by atoms with van der Waals surface area (Å²) in [6, 6.07) is 14.9. The van der Waals surface area contributed by atoms with Crippen LogP contribution < -0.4 is 10.6 Å². The van der Waals surface area contributed by atoms with Crippen LogP contribution in [-0.2, 0) is 11.2 Å². The maximum Gasteiger partial charge on any atom is 0.191 e. The molecule has 4 rings (SSSR count). The number of fused-ring (bicyclic) bond motifs is 1. The van der Waals surface area contributed by atoms with Gasteiger partial charge in [0.15, 0.2) is 5.96 Å². The van der Waals surface area contributed by atoms with Crippen molar-refractivity contribution in [1.29, 1.82) is 0 Å². The summed E-state index contributed by atoms with van der Waals surface area (Å²) in [5, 5.41) is 10.2. The zero-order valence-electron chi connectivity index (χ0n) is 17.2. The lowest BCUT2D eigenvalue weighted by atomic mass is 10.2. The number of nitrogens with zero attached hydrogens (tertiary/aromatic N) is 2. The minimum atomic E-state index is 0. The summed E-state index contributed by atoms with van der Waals surface area (Å²) in [6.45, 7) is 5.09. The lowest BCUT2D eigenvalue weighted by Crippen LogP contribution is -2.46. The van der Waals surface area contributed by atoms with Crippen LogP contribution >= 0.6 is 35.3 Å². The fourth-order valence-electron chi connectivity index (χ4n) is 3.66. The van der Waals surface area contributed by atoms with E-state index in [-0.39, 0.29) is 24.0 Å². The zero-order chi connectivity index (χ0) is 19.9. The molecule has 8 heteroatoms. The van der Waals surface area contributed by atoms with Crippen LogP contribution in [0.15, 0.2) is 57.3 Å². The monoisotopic (exact) mass is 540 g/mol. The fourth-order valence-corrected chi connectivity index (χ4v) is 4.52. The molecule has 1 aliphatic heterocycles. The minimum absolute atomic E-state index is 0. The van der Waals surface area contributed by atoms with Gasteiger partial charge in [-0.1, -0.05) is 24.3 Å². The number of morpholine rings is 1. The van der Waals surface area contributed by atoms with Crippen LogP contribution in [0.2, 0.25) is 0 Å². The van der Waals surface area contributed by atoms with Crippen molar-refractivity contribution >= 4 is 52.2 Å². The molecule has 2 N–H and O–H groups in total. The van der Waals surface area contributed by atoms with E-state index in [0.717, 1.165) is 68.5 Å². The first-order valence-corrected chi connectivity index (χ1v) is 11.0. The van der Waals surface area contributed by atoms with Crippen molar-refractivity contribution in [1.82, 2.24) is 15.5 Å². The van der Waals surface area contributed by atoms with Gasteiger partial charge in [0, 0.05) is 49.9 Å². The van der Waals surface area contributed by atoms with Gasteiger partial charge in [-0.05, 0) is 23.6 Å². The lowest BCUT2D eigenvalue weighted by Gasteiger charge is -2.34. The highest BCUT2D eigenvalue weighted by atomic mass is 127. The molecule has 0 bridgehead atoms. The molecular formula is C22H29IN4O2S. The molecule has 2 aromatic heterocycles. The van der Waals surface area contributed by atoms with Gasteiger partial charge in [-0.15, -0.1) is 35.3 Å². The van der Waals surface area contributed by atoms with Gasteiger partial charge in [0.05, 0.1) is 19.3 Å². The predicted octanol–water partition coefficient (Wildman–Crippen LogP) is 3.89. The van der Waals surface area contributed by atoms with Gasteiger partial charge in [-0.25, -0.2) is 0 Å². The number of nitrogens with one attached hydrogen (secondary N) is 2. The van der Waals surface area contributed by atoms with Gasteiger partial charge < -0.3 is 19.8 Å². The van der Waals surface area contributed by atoms with E-state index >= 15 is 0 Å². The van der Waals surface area contributed by atoms with Crippen LogP contribution in [0.3, 0.4) is 0 Å². The third kappa shape index (κ3) is 5.96. The van der Waals surface area contributed by atoms with E-state index in [0.29, 0.717) is 6.04 Å². The molecule has 1 aliphatic rings. The number of guanidine groups is 1. The Morgan fingerprint density at radius 1 is 1.17 bits per heavy atom. The predicted molar refractivity (Wildman–Crippen MR) is 134 cm³/mol. The van der Waals surface area contributed by atoms with E-state index in [1.54, 1.807) is 11.3 Å². The van der Waals surface area contributed by atoms with Crippen LogP contribution in [0.25, 0.3) is 11.0 Å². The average molecular weight is 540 g/mol. The maximum atomic E-state index is 5.89. The van der Waals surface area contributed by atoms with Gasteiger partial charge in [0.25, 0.3) is 0 Å². The third-order valence-corrected chi connectivity index (χ3v) is 6.16. The second-order valence-corrected chi connectivity index (χ2v) is 8.04. The van der Waals surface area contributed by atoms with E-state index in [1.165, 1.54) is 4.88 Å². The van der Waals surface area contributed by atoms with Crippen LogP contribution in [0.4, 0.5) is 0 Å². The Labute approximate surface area is 198 Å². The smallest absolute Gasteiger partial charge is 0.191 e. The molecule has 1 unspecified atom stereocenters. The molecule has 1 atom stereocenters. The second kappa shape index (κ2) is 11.7. The van der Waals surface area contributed by atoms with Gasteiger partial charge in [0.2, 0.25) is 0 Å². The normalized spacial score (nSPS) is 16.2. The highest BCUT2D eigenvalue weighted by Crippen LogP contribution is 2.25. The van der Waals surface area contributed by atoms with E-state index in [4.69, 9.17) is 9.15 Å². The Bertz CT molecular complexity index is 889. The van der Waals surface area contributed by atoms with E-state index in [2.05, 4.69) is 50.2 Å². The van der Waals surface area contributed by atoms with Crippen LogP contribution in [0.1, 0.15) is 16.7 Å². The third-order valence-electron chi connectivity index (χ3n) is 5.18. The molecule has 3 aromatic rings. The summed E-state index contributed by atoms with van der Waals surface area (Å²) < 4.78 is 11.4. The first-order valence-electron chi connectivity index (χ1n) is 10.1. The highest BCUT2D eigenvalue weighted by molar-refractivity contribution is 14.0. The molecule has 1 aromatic carbocycles. The molecule has 162 valence electrons. The maximum absolute atomic E-state index is 5.89. The topological polar surface area (TPSA) is 62.0 Å². The van der Waals surface area contributed by atoms with Crippen LogP contribution in [0.5, 0.6) is 0 Å². The lowest BCUT2D eigenvalue weighted by molar-refractivity contribution is 0.0177. The number of furan rings is 1. The van der Waals surface area contributed by atoms with Crippen LogP contribution in [0, 0.1) is 0 Å². The first kappa shape index (κ1) is 23.1. The Hall–Kier alpha value is -1.62. The van der Waals surface area contributed by atoms with E-state index in [1.807, 2.05) is 25.2 Å². The second-order valence-electron chi connectivity index (χ2n) is 7.06. The SMILES string of the molecule is CN=C(NCCc1cc2ccccc2o1)NCC(c1cccs1)N1CCOCC1.I. The van der Waals surface area contributed by atoms with Crippen molar-refractivity contribution < 1.29 is 9.15 Å². The molecule has 30 heavy (non-hydrogen) atoms. The largest absolute Gasteiger partial charge is 0.461 e. The molecule has 0 spiro atoms. The molecule has 0 saturated carbocycles. The number of hydrogen-bond donors (Lipinski definition) is 2. The quantitative estimate of drug-likeness (QED) is 0.271. The van der Waals surface area contributed by atoms with Crippen molar-refractivity contribution in [2.45, 2.75) is 12.5 Å². The number of hydrogen-bond acceptors (Lipinski definition) is 5. The number of rotatable bonds is 7. The van der Waals surface area contributed by atoms with Crippen molar-refractivity contribution in [3.8, 4) is 0 Å². The summed E-state index contributed by atoms with van der Waals surface area (Å²) in [5.41, 5.74) is 0.939. The number of ether oxygens (including phenoxy) is 1. The van der Waals surface area contributed by atoms with Gasteiger partial charge in [-0.3, -0.25) is 9.89 Å². The van der Waals surface area contributed by atoms with Crippen molar-refractivity contribution in [2.24, 2.45) is 4.99 Å². The molecule has 1 saturated heterocycles. The summed E-state index contributed by atoms with van der Waals surface area (Å²) in [7, 11) is 1.81. The standard InChI is InChI=1S/C22H28N4O2S.HI/c1-23-22(24-9-8-18-15-17-5-2-3-6-20(17)28-18)25-16-19(21-7-4-14-29-21)26-10-12-27-13-11-26;/h2-7,14-15,19H,8-13,16H2,1H3,(H2,23,24,25);1H. The number of benzene rings is 1. The molecule has 1 fully saturated rings. The number of aliphatic imine (C=N–C) groups is 1. The number of para-hydroxylation sites is 1. The van der Waals surface area contributed by atoms with E-state index in [9.17, 15) is 0 Å². The van der Waals surface area contributed by atoms with Gasteiger partial charge >= 0.3 is 0 Å². The molecule has 3 heterocycles. The highest BCUT2D eigenvalue weighted by Gasteiger charge is 2.23. The summed E-state index contributed by atoms with van der Waals surface area (Å²) in [6.07, 6.45) is 0.813. The Kier molecular flexibility index (Phi) is 8.98. The fraction of sp³-hybridized carbons (Fsp3) is 0.409. The number of thiophene rings is 1. The first-order chi connectivity index (χ1) is 14.3. The Balaban J connectivity index is 0.00000256. The molecule has 0 amide bonds. The molecule has 0 aliphatic carbocycles. The summed E-state index contributed by atoms with van der Waals surface area (Å²) in [5.74, 6) is 1.80. The average Bonchev–Trinajstić information content (AvgIpc) is 3.43.